The van der Waals surface area contributed by atoms with Gasteiger partial charge in [0, 0.05) is 18.8 Å². The van der Waals surface area contributed by atoms with E-state index < -0.39 is 0 Å². The third-order valence-electron chi connectivity index (χ3n) is 8.91. The van der Waals surface area contributed by atoms with Crippen LogP contribution in [0.15, 0.2) is 71.5 Å². The largest absolute Gasteiger partial charge is 0.372 e. The standard InChI is InChI=1S/C34H49N/c1-8-27-22-28(13-11-15-32(27)33(5,6)7)26(4)35-20-18-34(19-21-35)23-29-12-9-10-14-31(29)30(24-34)17-16-25(2)3/h9-12,14-15,22,25,30H,4,8,13,16-21,23-24H2,1-3,5-7H3. The lowest BCUT2D eigenvalue weighted by atomic mass is 9.62. The minimum Gasteiger partial charge on any atom is -0.372 e. The van der Waals surface area contributed by atoms with Crippen molar-refractivity contribution in [1.29, 1.82) is 0 Å². The van der Waals surface area contributed by atoms with Crippen LogP contribution in [-0.4, -0.2) is 18.0 Å². The van der Waals surface area contributed by atoms with Crippen molar-refractivity contribution < 1.29 is 0 Å². The van der Waals surface area contributed by atoms with Crippen molar-refractivity contribution in [3.8, 4) is 0 Å². The molecule has 1 aromatic rings. The number of nitrogens with zero attached hydrogens (tertiary/aromatic N) is 1. The van der Waals surface area contributed by atoms with Gasteiger partial charge in [-0.3, -0.25) is 0 Å². The fourth-order valence-corrected chi connectivity index (χ4v) is 6.81. The predicted octanol–water partition coefficient (Wildman–Crippen LogP) is 9.39. The second kappa shape index (κ2) is 10.5. The molecule has 0 amide bonds. The van der Waals surface area contributed by atoms with Gasteiger partial charge in [0.15, 0.2) is 0 Å². The molecule has 1 fully saturated rings. The molecule has 2 aliphatic carbocycles. The molecule has 1 heterocycles. The monoisotopic (exact) mass is 471 g/mol. The van der Waals surface area contributed by atoms with Crippen LogP contribution in [0, 0.1) is 16.7 Å². The molecule has 0 N–H and O–H groups in total. The van der Waals surface area contributed by atoms with Crippen LogP contribution in [-0.2, 0) is 6.42 Å². The minimum atomic E-state index is 0.177. The van der Waals surface area contributed by atoms with Gasteiger partial charge in [0.25, 0.3) is 0 Å². The van der Waals surface area contributed by atoms with E-state index in [4.69, 9.17) is 0 Å². The summed E-state index contributed by atoms with van der Waals surface area (Å²) in [5.41, 5.74) is 9.56. The molecular weight excluding hydrogens is 422 g/mol. The van der Waals surface area contributed by atoms with E-state index in [0.29, 0.717) is 5.41 Å². The van der Waals surface area contributed by atoms with E-state index in [1.54, 1.807) is 11.1 Å². The van der Waals surface area contributed by atoms with Gasteiger partial charge < -0.3 is 4.90 Å². The lowest BCUT2D eigenvalue weighted by molar-refractivity contribution is 0.0983. The first-order valence-corrected chi connectivity index (χ1v) is 14.2. The van der Waals surface area contributed by atoms with Crippen LogP contribution < -0.4 is 0 Å². The normalized spacial score (nSPS) is 22.3. The van der Waals surface area contributed by atoms with Crippen LogP contribution in [0.3, 0.4) is 0 Å². The van der Waals surface area contributed by atoms with Crippen molar-refractivity contribution in [3.63, 3.8) is 0 Å². The molecule has 0 aromatic heterocycles. The van der Waals surface area contributed by atoms with E-state index in [-0.39, 0.29) is 5.41 Å². The van der Waals surface area contributed by atoms with Crippen molar-refractivity contribution >= 4 is 0 Å². The summed E-state index contributed by atoms with van der Waals surface area (Å²) in [6.07, 6.45) is 17.2. The Morgan fingerprint density at radius 2 is 1.86 bits per heavy atom. The average Bonchev–Trinajstić information content (AvgIpc) is 3.05. The third-order valence-corrected chi connectivity index (χ3v) is 8.91. The number of benzene rings is 1. The molecule has 1 saturated heterocycles. The molecular formula is C34H49N. The summed E-state index contributed by atoms with van der Waals surface area (Å²) in [5.74, 6) is 1.52. The SMILES string of the molecule is C=C(C1=CC(CC)=C(C(C)(C)C)C=CC1)N1CCC2(CC1)Cc1ccccc1C(CCC(C)C)C2. The van der Waals surface area contributed by atoms with Gasteiger partial charge in [-0.15, -0.1) is 0 Å². The number of hydrogen-bond acceptors (Lipinski definition) is 1. The first kappa shape index (κ1) is 26.1. The van der Waals surface area contributed by atoms with Crippen LogP contribution in [0.4, 0.5) is 0 Å². The van der Waals surface area contributed by atoms with Crippen LogP contribution in [0.1, 0.15) is 104 Å². The summed E-state index contributed by atoms with van der Waals surface area (Å²) < 4.78 is 0. The Labute approximate surface area is 216 Å². The number of allylic oxidation sites excluding steroid dienone is 6. The highest BCUT2D eigenvalue weighted by Gasteiger charge is 2.41. The molecule has 1 unspecified atom stereocenters. The summed E-state index contributed by atoms with van der Waals surface area (Å²) in [4.78, 5) is 2.60. The van der Waals surface area contributed by atoms with E-state index in [2.05, 4.69) is 95.5 Å². The number of piperidine rings is 1. The topological polar surface area (TPSA) is 3.24 Å². The summed E-state index contributed by atoms with van der Waals surface area (Å²) in [6.45, 7) is 21.0. The lowest BCUT2D eigenvalue weighted by Gasteiger charge is -2.48. The van der Waals surface area contributed by atoms with Gasteiger partial charge in [-0.25, -0.2) is 0 Å². The molecule has 35 heavy (non-hydrogen) atoms. The predicted molar refractivity (Wildman–Crippen MR) is 153 cm³/mol. The highest BCUT2D eigenvalue weighted by Crippen LogP contribution is 2.50. The minimum absolute atomic E-state index is 0.177. The third kappa shape index (κ3) is 5.87. The summed E-state index contributed by atoms with van der Waals surface area (Å²) >= 11 is 0. The fraction of sp³-hybridized carbons (Fsp3) is 0.588. The second-order valence-electron chi connectivity index (χ2n) is 13.0. The van der Waals surface area contributed by atoms with Gasteiger partial charge in [-0.05, 0) is 95.5 Å². The van der Waals surface area contributed by atoms with Crippen LogP contribution in [0.2, 0.25) is 0 Å². The molecule has 3 aliphatic rings. The van der Waals surface area contributed by atoms with E-state index in [0.717, 1.165) is 37.8 Å². The molecule has 1 aromatic carbocycles. The summed E-state index contributed by atoms with van der Waals surface area (Å²) in [7, 11) is 0. The maximum Gasteiger partial charge on any atom is 0.0328 e. The highest BCUT2D eigenvalue weighted by atomic mass is 15.1. The Bertz CT molecular complexity index is 1000. The Balaban J connectivity index is 1.48. The molecule has 1 aliphatic heterocycles. The van der Waals surface area contributed by atoms with Gasteiger partial charge in [-0.2, -0.15) is 0 Å². The van der Waals surface area contributed by atoms with Crippen LogP contribution >= 0.6 is 0 Å². The van der Waals surface area contributed by atoms with Crippen molar-refractivity contribution in [2.24, 2.45) is 16.7 Å². The van der Waals surface area contributed by atoms with E-state index in [1.165, 1.54) is 60.9 Å². The number of hydrogen-bond donors (Lipinski definition) is 0. The zero-order valence-electron chi connectivity index (χ0n) is 23.4. The van der Waals surface area contributed by atoms with E-state index >= 15 is 0 Å². The quantitative estimate of drug-likeness (QED) is 0.399. The Morgan fingerprint density at radius 1 is 1.14 bits per heavy atom. The van der Waals surface area contributed by atoms with Gasteiger partial charge in [0.2, 0.25) is 0 Å². The maximum absolute atomic E-state index is 4.63. The zero-order chi connectivity index (χ0) is 25.2. The molecule has 1 atom stereocenters. The van der Waals surface area contributed by atoms with Crippen molar-refractivity contribution in [3.05, 3.63) is 82.6 Å². The first-order chi connectivity index (χ1) is 16.6. The van der Waals surface area contributed by atoms with Gasteiger partial charge in [-0.1, -0.05) is 97.0 Å². The van der Waals surface area contributed by atoms with E-state index in [1.807, 2.05) is 0 Å². The second-order valence-corrected chi connectivity index (χ2v) is 13.0. The molecule has 1 heteroatoms. The molecule has 1 nitrogen and oxygen atoms in total. The molecule has 0 bridgehead atoms. The average molecular weight is 472 g/mol. The zero-order valence-corrected chi connectivity index (χ0v) is 23.4. The molecule has 4 rings (SSSR count). The van der Waals surface area contributed by atoms with Crippen LogP contribution in [0.5, 0.6) is 0 Å². The van der Waals surface area contributed by atoms with Crippen molar-refractivity contribution in [1.82, 2.24) is 4.90 Å². The van der Waals surface area contributed by atoms with E-state index in [9.17, 15) is 0 Å². The Kier molecular flexibility index (Phi) is 7.84. The summed E-state index contributed by atoms with van der Waals surface area (Å²) in [5, 5.41) is 0. The maximum atomic E-state index is 4.63. The number of fused-ring (bicyclic) bond motifs is 1. The van der Waals surface area contributed by atoms with Crippen molar-refractivity contribution in [2.45, 2.75) is 98.8 Å². The molecule has 0 saturated carbocycles. The summed E-state index contributed by atoms with van der Waals surface area (Å²) in [6, 6.07) is 9.34. The first-order valence-electron chi connectivity index (χ1n) is 14.2. The van der Waals surface area contributed by atoms with Crippen molar-refractivity contribution in [2.75, 3.05) is 13.1 Å². The van der Waals surface area contributed by atoms with Gasteiger partial charge in [0.05, 0.1) is 0 Å². The Hall–Kier alpha value is -2.02. The highest BCUT2D eigenvalue weighted by molar-refractivity contribution is 5.46. The Morgan fingerprint density at radius 3 is 2.51 bits per heavy atom. The smallest absolute Gasteiger partial charge is 0.0328 e. The fourth-order valence-electron chi connectivity index (χ4n) is 6.81. The van der Waals surface area contributed by atoms with Gasteiger partial charge >= 0.3 is 0 Å². The number of rotatable bonds is 6. The van der Waals surface area contributed by atoms with Gasteiger partial charge in [0.1, 0.15) is 0 Å². The molecule has 0 radical (unpaired) electrons. The lowest BCUT2D eigenvalue weighted by Crippen LogP contribution is -2.43. The molecule has 190 valence electrons. The molecule has 1 spiro atoms. The van der Waals surface area contributed by atoms with Crippen LogP contribution in [0.25, 0.3) is 0 Å². The number of likely N-dealkylation sites (tertiary alicyclic amines) is 1.